The number of hydrogen-bond acceptors (Lipinski definition) is 5. The van der Waals surface area contributed by atoms with Crippen molar-refractivity contribution in [3.8, 4) is 6.19 Å². The molecule has 2 heterocycles. The third-order valence-corrected chi connectivity index (χ3v) is 7.67. The minimum atomic E-state index is -0.833. The summed E-state index contributed by atoms with van der Waals surface area (Å²) in [5.41, 5.74) is 5.14. The average molecular weight is 590 g/mol. The number of fused-ring (bicyclic) bond motifs is 2. The van der Waals surface area contributed by atoms with Gasteiger partial charge in [-0.2, -0.15) is 5.26 Å². The van der Waals surface area contributed by atoms with Gasteiger partial charge >= 0.3 is 6.03 Å². The van der Waals surface area contributed by atoms with Gasteiger partial charge in [-0.25, -0.2) is 9.79 Å². The van der Waals surface area contributed by atoms with Gasteiger partial charge in [0.25, 0.3) is 5.97 Å². The van der Waals surface area contributed by atoms with Gasteiger partial charge in [0.15, 0.2) is 6.19 Å². The van der Waals surface area contributed by atoms with Gasteiger partial charge in [-0.05, 0) is 47.2 Å². The van der Waals surface area contributed by atoms with Crippen LogP contribution in [0.3, 0.4) is 0 Å². The van der Waals surface area contributed by atoms with Gasteiger partial charge in [-0.15, -0.1) is 0 Å². The molecule has 1 unspecified atom stereocenters. The van der Waals surface area contributed by atoms with E-state index in [-0.39, 0.29) is 12.1 Å². The summed E-state index contributed by atoms with van der Waals surface area (Å²) in [6.07, 6.45) is 2.97. The molecule has 2 aliphatic rings. The van der Waals surface area contributed by atoms with E-state index in [2.05, 4.69) is 33.1 Å². The Hall–Kier alpha value is -5.40. The number of nitriles is 1. The number of amides is 2. The number of guanidine groups is 1. The van der Waals surface area contributed by atoms with E-state index >= 15 is 0 Å². The van der Waals surface area contributed by atoms with E-state index in [9.17, 15) is 10.1 Å². The molecule has 4 aromatic rings. The van der Waals surface area contributed by atoms with Gasteiger partial charge in [-0.3, -0.25) is 10.1 Å². The molecule has 6 rings (SSSR count). The molecular formula is C34H35N7O3. The zero-order valence-corrected chi connectivity index (χ0v) is 24.5. The molecule has 10 nitrogen and oxygen atoms in total. The molecule has 1 saturated heterocycles. The Kier molecular flexibility index (Phi) is 9.69. The van der Waals surface area contributed by atoms with E-state index in [0.717, 1.165) is 54.1 Å². The van der Waals surface area contributed by atoms with Crippen LogP contribution in [0.15, 0.2) is 96.0 Å². The zero-order valence-electron chi connectivity index (χ0n) is 24.5. The van der Waals surface area contributed by atoms with Crippen molar-refractivity contribution in [2.45, 2.75) is 25.9 Å². The number of carbonyl (C=O) groups is 2. The quantitative estimate of drug-likeness (QED) is 0.111. The maximum absolute atomic E-state index is 13.7. The van der Waals surface area contributed by atoms with Gasteiger partial charge in [-0.1, -0.05) is 78.9 Å². The number of aliphatic carboxylic acids is 1. The second-order valence-electron chi connectivity index (χ2n) is 10.6. The van der Waals surface area contributed by atoms with Crippen molar-refractivity contribution in [1.82, 2.24) is 20.4 Å². The number of nitrogens with one attached hydrogen (secondary N) is 3. The lowest BCUT2D eigenvalue weighted by atomic mass is 9.99. The number of benzene rings is 4. The first kappa shape index (κ1) is 30.1. The number of urea groups is 1. The SMILES string of the molecule is CC(=O)O.N#CNC(=Nc1cccc2c1CCNC2)N1CCN(C(=O)Nc2cccc3ccccc23)C(c2ccccc2)C1. The average Bonchev–Trinajstić information content (AvgIpc) is 3.05. The molecule has 4 aromatic carbocycles. The summed E-state index contributed by atoms with van der Waals surface area (Å²) < 4.78 is 0. The molecule has 2 aliphatic heterocycles. The fourth-order valence-electron chi connectivity index (χ4n) is 5.66. The highest BCUT2D eigenvalue weighted by atomic mass is 16.4. The standard InChI is InChI=1S/C32H31N7O.C2H4O2/c33-22-35-31(36-28-14-7-12-25-20-34-17-16-27(25)28)38-18-19-39(30(21-38)24-9-2-1-3-10-24)32(40)37-29-15-6-11-23-8-4-5-13-26(23)29;1-2(3)4/h1-15,30,34H,16-21H2,(H,35,36)(H,37,40);1H3,(H,3,4). The highest BCUT2D eigenvalue weighted by Gasteiger charge is 2.33. The van der Waals surface area contributed by atoms with E-state index in [1.807, 2.05) is 89.8 Å². The van der Waals surface area contributed by atoms with Crippen LogP contribution in [-0.4, -0.2) is 59.0 Å². The Morgan fingerprint density at radius 1 is 0.977 bits per heavy atom. The van der Waals surface area contributed by atoms with E-state index < -0.39 is 5.97 Å². The van der Waals surface area contributed by atoms with Crippen LogP contribution in [0, 0.1) is 11.5 Å². The number of carboxylic acid groups (broad SMARTS) is 1. The number of nitrogens with zero attached hydrogens (tertiary/aromatic N) is 4. The first-order valence-corrected chi connectivity index (χ1v) is 14.5. The molecule has 0 spiro atoms. The second-order valence-corrected chi connectivity index (χ2v) is 10.6. The minimum Gasteiger partial charge on any atom is -0.481 e. The second kappa shape index (κ2) is 14.2. The lowest BCUT2D eigenvalue weighted by Gasteiger charge is -2.42. The summed E-state index contributed by atoms with van der Waals surface area (Å²) in [5.74, 6) is -0.329. The molecule has 1 atom stereocenters. The molecule has 0 saturated carbocycles. The van der Waals surface area contributed by atoms with E-state index in [0.29, 0.717) is 25.6 Å². The molecule has 10 heteroatoms. The first-order valence-electron chi connectivity index (χ1n) is 14.5. The summed E-state index contributed by atoms with van der Waals surface area (Å²) in [4.78, 5) is 31.6. The van der Waals surface area contributed by atoms with Crippen molar-refractivity contribution in [3.05, 3.63) is 108 Å². The predicted molar refractivity (Wildman–Crippen MR) is 171 cm³/mol. The summed E-state index contributed by atoms with van der Waals surface area (Å²) in [6.45, 7) is 4.31. The summed E-state index contributed by atoms with van der Waals surface area (Å²) in [5, 5.41) is 28.5. The molecule has 0 radical (unpaired) electrons. The summed E-state index contributed by atoms with van der Waals surface area (Å²) in [6, 6.07) is 29.8. The Labute approximate surface area is 256 Å². The zero-order chi connectivity index (χ0) is 30.9. The first-order chi connectivity index (χ1) is 21.4. The highest BCUT2D eigenvalue weighted by Crippen LogP contribution is 2.30. The maximum Gasteiger partial charge on any atom is 0.322 e. The topological polar surface area (TPSA) is 133 Å². The molecule has 0 aliphatic carbocycles. The van der Waals surface area contributed by atoms with Crippen LogP contribution >= 0.6 is 0 Å². The molecule has 224 valence electrons. The van der Waals surface area contributed by atoms with Crippen molar-refractivity contribution in [1.29, 1.82) is 5.26 Å². The summed E-state index contributed by atoms with van der Waals surface area (Å²) in [7, 11) is 0. The maximum atomic E-state index is 13.7. The predicted octanol–water partition coefficient (Wildman–Crippen LogP) is 5.23. The van der Waals surface area contributed by atoms with Crippen LogP contribution in [0.2, 0.25) is 0 Å². The van der Waals surface area contributed by atoms with Gasteiger partial charge in [0.05, 0.1) is 17.4 Å². The van der Waals surface area contributed by atoms with Crippen LogP contribution in [-0.2, 0) is 17.8 Å². The fraction of sp³-hybridized carbons (Fsp3) is 0.235. The van der Waals surface area contributed by atoms with Gasteiger partial charge in [0.1, 0.15) is 0 Å². The van der Waals surface area contributed by atoms with E-state index in [1.165, 1.54) is 11.1 Å². The van der Waals surface area contributed by atoms with Crippen LogP contribution < -0.4 is 16.0 Å². The van der Waals surface area contributed by atoms with Crippen LogP contribution in [0.4, 0.5) is 16.2 Å². The Balaban J connectivity index is 0.000000906. The summed E-state index contributed by atoms with van der Waals surface area (Å²) >= 11 is 0. The minimum absolute atomic E-state index is 0.152. The third kappa shape index (κ3) is 7.14. The molecule has 0 aromatic heterocycles. The van der Waals surface area contributed by atoms with Crippen molar-refractivity contribution < 1.29 is 14.7 Å². The van der Waals surface area contributed by atoms with Gasteiger partial charge in [0.2, 0.25) is 5.96 Å². The molecule has 4 N–H and O–H groups in total. The van der Waals surface area contributed by atoms with Gasteiger partial charge in [0, 0.05) is 38.5 Å². The van der Waals surface area contributed by atoms with E-state index in [4.69, 9.17) is 14.9 Å². The number of hydrogen-bond donors (Lipinski definition) is 4. The molecular weight excluding hydrogens is 554 g/mol. The van der Waals surface area contributed by atoms with Crippen molar-refractivity contribution in [3.63, 3.8) is 0 Å². The molecule has 0 bridgehead atoms. The highest BCUT2D eigenvalue weighted by molar-refractivity contribution is 6.01. The lowest BCUT2D eigenvalue weighted by Crippen LogP contribution is -2.55. The van der Waals surface area contributed by atoms with Crippen molar-refractivity contribution in [2.24, 2.45) is 4.99 Å². The number of piperazine rings is 1. The molecule has 44 heavy (non-hydrogen) atoms. The number of anilines is 1. The Morgan fingerprint density at radius 2 is 1.70 bits per heavy atom. The monoisotopic (exact) mass is 589 g/mol. The number of aliphatic imine (C=N–C) groups is 1. The van der Waals surface area contributed by atoms with Crippen LogP contribution in [0.5, 0.6) is 0 Å². The Bertz CT molecular complexity index is 1690. The normalized spacial score (nSPS) is 16.2. The smallest absolute Gasteiger partial charge is 0.322 e. The van der Waals surface area contributed by atoms with E-state index in [1.54, 1.807) is 0 Å². The number of carboxylic acids is 1. The fourth-order valence-corrected chi connectivity index (χ4v) is 5.66. The van der Waals surface area contributed by atoms with Gasteiger partial charge < -0.3 is 25.5 Å². The molecule has 2 amide bonds. The number of rotatable bonds is 3. The largest absolute Gasteiger partial charge is 0.481 e. The number of carbonyl (C=O) groups excluding carboxylic acids is 1. The van der Waals surface area contributed by atoms with Crippen molar-refractivity contribution >= 4 is 40.1 Å². The Morgan fingerprint density at radius 3 is 2.50 bits per heavy atom. The van der Waals surface area contributed by atoms with Crippen molar-refractivity contribution in [2.75, 3.05) is 31.5 Å². The van der Waals surface area contributed by atoms with Crippen LogP contribution in [0.1, 0.15) is 29.7 Å². The third-order valence-electron chi connectivity index (χ3n) is 7.67. The van der Waals surface area contributed by atoms with Crippen LogP contribution in [0.25, 0.3) is 10.8 Å². The lowest BCUT2D eigenvalue weighted by molar-refractivity contribution is -0.134. The molecule has 1 fully saturated rings.